The largest absolute Gasteiger partial charge is 0.489 e. The van der Waals surface area contributed by atoms with Crippen molar-refractivity contribution in [2.45, 2.75) is 19.4 Å². The van der Waals surface area contributed by atoms with Crippen LogP contribution in [-0.2, 0) is 6.42 Å². The van der Waals surface area contributed by atoms with E-state index in [0.29, 0.717) is 24.5 Å². The summed E-state index contributed by atoms with van der Waals surface area (Å²) >= 11 is 0. The molecular weight excluding hydrogens is 316 g/mol. The number of nitrogens with one attached hydrogen (secondary N) is 2. The molecule has 2 aromatic carbocycles. The number of hydrogen-bond donors (Lipinski definition) is 3. The van der Waals surface area contributed by atoms with Crippen molar-refractivity contribution in [3.05, 3.63) is 72.3 Å². The van der Waals surface area contributed by atoms with Crippen molar-refractivity contribution >= 4 is 11.7 Å². The number of rotatable bonds is 8. The Balaban J connectivity index is 1.90. The van der Waals surface area contributed by atoms with Crippen molar-refractivity contribution in [3.8, 4) is 5.75 Å². The minimum Gasteiger partial charge on any atom is -0.489 e. The molecule has 2 aromatic rings. The smallest absolute Gasteiger partial charge is 0.319 e. The van der Waals surface area contributed by atoms with E-state index in [1.807, 2.05) is 43.3 Å². The highest BCUT2D eigenvalue weighted by atomic mass is 16.5. The lowest BCUT2D eigenvalue weighted by molar-refractivity contribution is 0.224. The number of aliphatic hydroxyl groups is 1. The van der Waals surface area contributed by atoms with Crippen molar-refractivity contribution in [1.82, 2.24) is 5.32 Å². The number of ether oxygens (including phenoxy) is 1. The first kappa shape index (κ1) is 18.5. The first-order valence-electron chi connectivity index (χ1n) is 8.16. The molecule has 0 saturated carbocycles. The number of carbonyl (C=O) groups is 1. The van der Waals surface area contributed by atoms with Crippen LogP contribution in [0.5, 0.6) is 5.75 Å². The van der Waals surface area contributed by atoms with Crippen molar-refractivity contribution in [1.29, 1.82) is 0 Å². The third kappa shape index (κ3) is 6.69. The third-order valence-corrected chi connectivity index (χ3v) is 3.46. The van der Waals surface area contributed by atoms with Crippen LogP contribution >= 0.6 is 0 Å². The maximum atomic E-state index is 12.2. The molecule has 3 N–H and O–H groups in total. The molecule has 5 nitrogen and oxygen atoms in total. The molecule has 0 fully saturated rings. The van der Waals surface area contributed by atoms with Crippen LogP contribution in [0, 0.1) is 0 Å². The normalized spacial score (nSPS) is 11.4. The fourth-order valence-electron chi connectivity index (χ4n) is 2.28. The molecule has 0 aliphatic heterocycles. The molecule has 1 atom stereocenters. The monoisotopic (exact) mass is 340 g/mol. The van der Waals surface area contributed by atoms with E-state index in [1.54, 1.807) is 18.2 Å². The number of urea groups is 1. The quantitative estimate of drug-likeness (QED) is 0.645. The summed E-state index contributed by atoms with van der Waals surface area (Å²) in [7, 11) is 0. The first-order chi connectivity index (χ1) is 12.1. The van der Waals surface area contributed by atoms with Crippen LogP contribution < -0.4 is 15.4 Å². The number of anilines is 1. The molecule has 0 radical (unpaired) electrons. The summed E-state index contributed by atoms with van der Waals surface area (Å²) in [6.45, 7) is 5.97. The van der Waals surface area contributed by atoms with E-state index in [0.717, 1.165) is 11.1 Å². The van der Waals surface area contributed by atoms with Gasteiger partial charge in [-0.25, -0.2) is 4.79 Å². The van der Waals surface area contributed by atoms with Gasteiger partial charge in [-0.05, 0) is 36.6 Å². The van der Waals surface area contributed by atoms with E-state index < -0.39 is 0 Å². The summed E-state index contributed by atoms with van der Waals surface area (Å²) in [5, 5.41) is 15.0. The van der Waals surface area contributed by atoms with Gasteiger partial charge in [0.1, 0.15) is 12.4 Å². The van der Waals surface area contributed by atoms with E-state index in [-0.39, 0.29) is 18.7 Å². The lowest BCUT2D eigenvalue weighted by Gasteiger charge is -2.17. The van der Waals surface area contributed by atoms with Gasteiger partial charge >= 0.3 is 6.03 Å². The van der Waals surface area contributed by atoms with Gasteiger partial charge in [0.2, 0.25) is 0 Å². The Morgan fingerprint density at radius 3 is 2.64 bits per heavy atom. The molecule has 132 valence electrons. The maximum Gasteiger partial charge on any atom is 0.319 e. The van der Waals surface area contributed by atoms with Gasteiger partial charge in [0.05, 0.1) is 12.6 Å². The fourth-order valence-corrected chi connectivity index (χ4v) is 2.28. The van der Waals surface area contributed by atoms with Gasteiger partial charge in [-0.1, -0.05) is 43.0 Å². The number of hydrogen-bond acceptors (Lipinski definition) is 3. The van der Waals surface area contributed by atoms with E-state index in [4.69, 9.17) is 4.74 Å². The highest BCUT2D eigenvalue weighted by molar-refractivity contribution is 5.89. The number of benzene rings is 2. The lowest BCUT2D eigenvalue weighted by Crippen LogP contribution is -2.41. The predicted octanol–water partition coefficient (Wildman–Crippen LogP) is 3.37. The van der Waals surface area contributed by atoms with Crippen LogP contribution in [0.15, 0.2) is 66.7 Å². The minimum atomic E-state index is -0.368. The summed E-state index contributed by atoms with van der Waals surface area (Å²) < 4.78 is 5.56. The molecule has 0 aliphatic carbocycles. The number of amides is 2. The Hall–Kier alpha value is -2.79. The topological polar surface area (TPSA) is 70.6 Å². The summed E-state index contributed by atoms with van der Waals surface area (Å²) in [4.78, 5) is 12.2. The second-order valence-electron chi connectivity index (χ2n) is 5.94. The summed E-state index contributed by atoms with van der Waals surface area (Å²) in [6, 6.07) is 16.1. The average Bonchev–Trinajstić information content (AvgIpc) is 2.60. The molecule has 0 heterocycles. The zero-order valence-corrected chi connectivity index (χ0v) is 14.4. The fraction of sp³-hybridized carbons (Fsp3) is 0.250. The van der Waals surface area contributed by atoms with Crippen LogP contribution in [0.3, 0.4) is 0 Å². The molecule has 0 saturated heterocycles. The molecule has 1 unspecified atom stereocenters. The Labute approximate surface area is 148 Å². The first-order valence-corrected chi connectivity index (χ1v) is 8.16. The number of carbonyl (C=O) groups excluding carboxylic acids is 1. The SMILES string of the molecule is C=C(C)COc1cccc(NC(=O)NC(CO)Cc2ccccc2)c1. The standard InChI is InChI=1S/C20H24N2O3/c1-15(2)14-25-19-10-6-9-17(12-19)21-20(24)22-18(13-23)11-16-7-4-3-5-8-16/h3-10,12,18,23H,1,11,13-14H2,2H3,(H2,21,22,24). The van der Waals surface area contributed by atoms with E-state index in [1.165, 1.54) is 0 Å². The Bertz CT molecular complexity index is 701. The maximum absolute atomic E-state index is 12.2. The van der Waals surface area contributed by atoms with Gasteiger partial charge in [-0.15, -0.1) is 0 Å². The van der Waals surface area contributed by atoms with Crippen molar-refractivity contribution in [2.75, 3.05) is 18.5 Å². The van der Waals surface area contributed by atoms with Gasteiger partial charge in [-0.2, -0.15) is 0 Å². The average molecular weight is 340 g/mol. The zero-order valence-electron chi connectivity index (χ0n) is 14.4. The van der Waals surface area contributed by atoms with Crippen LogP contribution in [0.4, 0.5) is 10.5 Å². The van der Waals surface area contributed by atoms with Crippen LogP contribution in [0.1, 0.15) is 12.5 Å². The predicted molar refractivity (Wildman–Crippen MR) is 99.9 cm³/mol. The van der Waals surface area contributed by atoms with Gasteiger partial charge < -0.3 is 20.5 Å². The second-order valence-corrected chi connectivity index (χ2v) is 5.94. The molecule has 0 aliphatic rings. The zero-order chi connectivity index (χ0) is 18.1. The molecule has 25 heavy (non-hydrogen) atoms. The van der Waals surface area contributed by atoms with Crippen LogP contribution in [-0.4, -0.2) is 30.4 Å². The van der Waals surface area contributed by atoms with Crippen LogP contribution in [0.25, 0.3) is 0 Å². The Kier molecular flexibility index (Phi) is 7.04. The second kappa shape index (κ2) is 9.49. The highest BCUT2D eigenvalue weighted by Gasteiger charge is 2.12. The van der Waals surface area contributed by atoms with Gasteiger partial charge in [-0.3, -0.25) is 0 Å². The molecule has 0 bridgehead atoms. The van der Waals surface area contributed by atoms with E-state index in [2.05, 4.69) is 17.2 Å². The molecule has 0 aromatic heterocycles. The number of aliphatic hydroxyl groups excluding tert-OH is 1. The molecular formula is C20H24N2O3. The Morgan fingerprint density at radius 1 is 1.20 bits per heavy atom. The molecule has 2 rings (SSSR count). The van der Waals surface area contributed by atoms with Crippen LogP contribution in [0.2, 0.25) is 0 Å². The summed E-state index contributed by atoms with van der Waals surface area (Å²) in [5.74, 6) is 0.656. The van der Waals surface area contributed by atoms with Gasteiger partial charge in [0.15, 0.2) is 0 Å². The molecule has 5 heteroatoms. The van der Waals surface area contributed by atoms with E-state index >= 15 is 0 Å². The third-order valence-electron chi connectivity index (χ3n) is 3.46. The lowest BCUT2D eigenvalue weighted by atomic mass is 10.1. The Morgan fingerprint density at radius 2 is 1.96 bits per heavy atom. The minimum absolute atomic E-state index is 0.135. The molecule has 0 spiro atoms. The van der Waals surface area contributed by atoms with Gasteiger partial charge in [0.25, 0.3) is 0 Å². The van der Waals surface area contributed by atoms with Crippen molar-refractivity contribution in [2.24, 2.45) is 0 Å². The summed E-state index contributed by atoms with van der Waals surface area (Å²) in [5.41, 5.74) is 2.59. The van der Waals surface area contributed by atoms with Crippen molar-refractivity contribution < 1.29 is 14.6 Å². The summed E-state index contributed by atoms with van der Waals surface area (Å²) in [6.07, 6.45) is 0.562. The van der Waals surface area contributed by atoms with Crippen molar-refractivity contribution in [3.63, 3.8) is 0 Å². The van der Waals surface area contributed by atoms with Gasteiger partial charge in [0, 0.05) is 11.8 Å². The molecule has 2 amide bonds. The van der Waals surface area contributed by atoms with E-state index in [9.17, 15) is 9.90 Å². The highest BCUT2D eigenvalue weighted by Crippen LogP contribution is 2.17.